The topological polar surface area (TPSA) is 98.2 Å². The van der Waals surface area contributed by atoms with Gasteiger partial charge in [0, 0.05) is 5.56 Å². The van der Waals surface area contributed by atoms with Gasteiger partial charge in [-0.25, -0.2) is 9.37 Å². The summed E-state index contributed by atoms with van der Waals surface area (Å²) in [6, 6.07) is 15.0. The van der Waals surface area contributed by atoms with E-state index in [0.717, 1.165) is 24.2 Å². The molecule has 1 saturated heterocycles. The monoisotopic (exact) mass is 618 g/mol. The summed E-state index contributed by atoms with van der Waals surface area (Å²) in [6.45, 7) is 9.48. The number of nitrogens with zero attached hydrogens (tertiary/aromatic N) is 2. The van der Waals surface area contributed by atoms with Crippen LogP contribution in [0.3, 0.4) is 0 Å². The Morgan fingerprint density at radius 1 is 0.977 bits per heavy atom. The molecule has 0 radical (unpaired) electrons. The zero-order chi connectivity index (χ0) is 31.4. The van der Waals surface area contributed by atoms with Crippen LogP contribution in [0.25, 0.3) is 16.0 Å². The van der Waals surface area contributed by atoms with E-state index in [1.165, 1.54) is 23.1 Å². The van der Waals surface area contributed by atoms with Gasteiger partial charge in [0.05, 0.1) is 41.7 Å². The van der Waals surface area contributed by atoms with E-state index < -0.39 is 23.5 Å². The highest BCUT2D eigenvalue weighted by molar-refractivity contribution is 7.22. The smallest absolute Gasteiger partial charge is 0.301 e. The first kappa shape index (κ1) is 31.0. The Hall–Kier alpha value is -4.44. The van der Waals surface area contributed by atoms with Crippen LogP contribution in [0.5, 0.6) is 17.2 Å². The second-order valence-corrected chi connectivity index (χ2v) is 11.8. The summed E-state index contributed by atoms with van der Waals surface area (Å²) in [6.07, 6.45) is 1.70. The van der Waals surface area contributed by atoms with Crippen LogP contribution >= 0.6 is 11.3 Å². The van der Waals surface area contributed by atoms with Crippen LogP contribution in [0.15, 0.2) is 66.2 Å². The molecule has 1 aliphatic rings. The number of ether oxygens (including phenoxy) is 3. The number of ketones is 1. The highest BCUT2D eigenvalue weighted by Crippen LogP contribution is 2.46. The number of benzene rings is 3. The lowest BCUT2D eigenvalue weighted by Crippen LogP contribution is -2.29. The van der Waals surface area contributed by atoms with E-state index in [1.54, 1.807) is 42.5 Å². The van der Waals surface area contributed by atoms with Crippen molar-refractivity contribution in [2.45, 2.75) is 46.6 Å². The van der Waals surface area contributed by atoms with Crippen molar-refractivity contribution in [3.05, 3.63) is 83.2 Å². The molecule has 0 saturated carbocycles. The molecule has 1 aromatic heterocycles. The second-order valence-electron chi connectivity index (χ2n) is 10.8. The van der Waals surface area contributed by atoms with Crippen LogP contribution < -0.4 is 19.1 Å². The standard InChI is InChI=1S/C34H35FN2O6S/c1-5-16-42-24-11-7-21(8-12-24)31(38)29-30(22-9-14-26(27(18-22)41-6-2)43-17-15-20(3)4)37(33(40)32(29)39)34-36-25-13-10-23(35)19-28(25)44-34/h7-14,18-20,30,38H,5-6,15-17H2,1-4H3/b31-29+. The lowest BCUT2D eigenvalue weighted by molar-refractivity contribution is -0.132. The molecule has 230 valence electrons. The lowest BCUT2D eigenvalue weighted by Gasteiger charge is -2.24. The number of amides is 1. The molecule has 8 nitrogen and oxygen atoms in total. The third kappa shape index (κ3) is 6.40. The largest absolute Gasteiger partial charge is 0.507 e. The van der Waals surface area contributed by atoms with E-state index in [2.05, 4.69) is 18.8 Å². The lowest BCUT2D eigenvalue weighted by atomic mass is 9.95. The van der Waals surface area contributed by atoms with Crippen LogP contribution in [-0.4, -0.2) is 41.6 Å². The number of carbonyl (C=O) groups is 2. The van der Waals surface area contributed by atoms with E-state index in [9.17, 15) is 19.1 Å². The Labute approximate surface area is 259 Å². The molecule has 1 unspecified atom stereocenters. The predicted molar refractivity (Wildman–Crippen MR) is 169 cm³/mol. The third-order valence-electron chi connectivity index (χ3n) is 7.13. The van der Waals surface area contributed by atoms with Gasteiger partial charge in [-0.2, -0.15) is 0 Å². The highest BCUT2D eigenvalue weighted by atomic mass is 32.1. The molecule has 0 bridgehead atoms. The van der Waals surface area contributed by atoms with Crippen molar-refractivity contribution < 1.29 is 33.3 Å². The molecule has 44 heavy (non-hydrogen) atoms. The molecule has 5 rings (SSSR count). The highest BCUT2D eigenvalue weighted by Gasteiger charge is 2.48. The molecular formula is C34H35FN2O6S. The normalized spacial score (nSPS) is 16.2. The second kappa shape index (κ2) is 13.5. The Balaban J connectivity index is 1.64. The summed E-state index contributed by atoms with van der Waals surface area (Å²) < 4.78 is 32.1. The Kier molecular flexibility index (Phi) is 9.49. The van der Waals surface area contributed by atoms with E-state index >= 15 is 0 Å². The summed E-state index contributed by atoms with van der Waals surface area (Å²) in [5.41, 5.74) is 1.25. The summed E-state index contributed by atoms with van der Waals surface area (Å²) in [4.78, 5) is 33.2. The molecule has 3 aromatic carbocycles. The van der Waals surface area contributed by atoms with Crippen molar-refractivity contribution in [1.82, 2.24) is 4.98 Å². The minimum absolute atomic E-state index is 0.0985. The number of fused-ring (bicyclic) bond motifs is 1. The molecule has 1 fully saturated rings. The number of aliphatic hydroxyl groups is 1. The van der Waals surface area contributed by atoms with E-state index in [1.807, 2.05) is 13.8 Å². The van der Waals surface area contributed by atoms with Crippen molar-refractivity contribution in [3.63, 3.8) is 0 Å². The zero-order valence-electron chi connectivity index (χ0n) is 25.1. The maximum Gasteiger partial charge on any atom is 0.301 e. The Bertz CT molecular complexity index is 1700. The van der Waals surface area contributed by atoms with Gasteiger partial charge in [0.15, 0.2) is 16.6 Å². The molecule has 0 aliphatic carbocycles. The number of anilines is 1. The number of carbonyl (C=O) groups excluding carboxylic acids is 2. The molecule has 1 aliphatic heterocycles. The molecule has 0 spiro atoms. The summed E-state index contributed by atoms with van der Waals surface area (Å²) in [7, 11) is 0. The molecule has 4 aromatic rings. The number of aliphatic hydroxyl groups excluding tert-OH is 1. The molecule has 1 N–H and O–H groups in total. The average molecular weight is 619 g/mol. The third-order valence-corrected chi connectivity index (χ3v) is 8.14. The van der Waals surface area contributed by atoms with Gasteiger partial charge >= 0.3 is 5.91 Å². The van der Waals surface area contributed by atoms with Gasteiger partial charge < -0.3 is 19.3 Å². The van der Waals surface area contributed by atoms with Crippen LogP contribution in [-0.2, 0) is 9.59 Å². The number of Topliss-reactive ketones (excluding diaryl/α,β-unsaturated/α-hetero) is 1. The van der Waals surface area contributed by atoms with Gasteiger partial charge in [-0.3, -0.25) is 14.5 Å². The van der Waals surface area contributed by atoms with Crippen LogP contribution in [0.4, 0.5) is 9.52 Å². The van der Waals surface area contributed by atoms with Crippen molar-refractivity contribution in [3.8, 4) is 17.2 Å². The van der Waals surface area contributed by atoms with Crippen molar-refractivity contribution >= 4 is 44.1 Å². The van der Waals surface area contributed by atoms with E-state index in [4.69, 9.17) is 14.2 Å². The van der Waals surface area contributed by atoms with Gasteiger partial charge in [0.25, 0.3) is 5.78 Å². The molecule has 2 heterocycles. The quantitative estimate of drug-likeness (QED) is 0.0988. The average Bonchev–Trinajstić information content (AvgIpc) is 3.53. The fourth-order valence-electron chi connectivity index (χ4n) is 4.91. The van der Waals surface area contributed by atoms with Crippen LogP contribution in [0.1, 0.15) is 57.7 Å². The Morgan fingerprint density at radius 3 is 2.45 bits per heavy atom. The number of aromatic nitrogens is 1. The predicted octanol–water partition coefficient (Wildman–Crippen LogP) is 7.67. The first-order valence-corrected chi connectivity index (χ1v) is 15.5. The summed E-state index contributed by atoms with van der Waals surface area (Å²) >= 11 is 1.09. The first-order valence-electron chi connectivity index (χ1n) is 14.7. The van der Waals surface area contributed by atoms with E-state index in [0.29, 0.717) is 64.3 Å². The van der Waals surface area contributed by atoms with Crippen LogP contribution in [0, 0.1) is 11.7 Å². The number of hydrogen-bond acceptors (Lipinski definition) is 8. The zero-order valence-corrected chi connectivity index (χ0v) is 25.9. The van der Waals surface area contributed by atoms with Crippen molar-refractivity contribution in [2.75, 3.05) is 24.7 Å². The number of hydrogen-bond donors (Lipinski definition) is 1. The summed E-state index contributed by atoms with van der Waals surface area (Å²) in [5.74, 6) is -0.425. The van der Waals surface area contributed by atoms with Gasteiger partial charge in [-0.1, -0.05) is 38.2 Å². The molecule has 1 atom stereocenters. The fourth-order valence-corrected chi connectivity index (χ4v) is 5.92. The molecule has 10 heteroatoms. The van der Waals surface area contributed by atoms with Gasteiger partial charge in [0.1, 0.15) is 17.3 Å². The number of halogens is 1. The van der Waals surface area contributed by atoms with E-state index in [-0.39, 0.29) is 16.5 Å². The van der Waals surface area contributed by atoms with Gasteiger partial charge in [-0.05, 0) is 85.8 Å². The maximum absolute atomic E-state index is 14.0. The Morgan fingerprint density at radius 2 is 1.75 bits per heavy atom. The van der Waals surface area contributed by atoms with Crippen LogP contribution in [0.2, 0.25) is 0 Å². The number of rotatable bonds is 12. The minimum Gasteiger partial charge on any atom is -0.507 e. The SMILES string of the molecule is CCCOc1ccc(/C(O)=C2\C(=O)C(=O)N(c3nc4ccc(F)cc4s3)C2c2ccc(OCCC(C)C)c(OCC)c2)cc1. The minimum atomic E-state index is -1.04. The summed E-state index contributed by atoms with van der Waals surface area (Å²) in [5, 5.41) is 11.8. The number of thiazole rings is 1. The van der Waals surface area contributed by atoms with Gasteiger partial charge in [0.2, 0.25) is 0 Å². The maximum atomic E-state index is 14.0. The van der Waals surface area contributed by atoms with Gasteiger partial charge in [-0.15, -0.1) is 0 Å². The first-order chi connectivity index (χ1) is 21.2. The molecule has 1 amide bonds. The van der Waals surface area contributed by atoms with Crippen molar-refractivity contribution in [1.29, 1.82) is 0 Å². The fraction of sp³-hybridized carbons (Fsp3) is 0.324. The van der Waals surface area contributed by atoms with Crippen molar-refractivity contribution in [2.24, 2.45) is 5.92 Å². The molecular weight excluding hydrogens is 583 g/mol.